The summed E-state index contributed by atoms with van der Waals surface area (Å²) in [5.74, 6) is 0.393. The van der Waals surface area contributed by atoms with Crippen molar-refractivity contribution in [2.75, 3.05) is 19.8 Å². The van der Waals surface area contributed by atoms with E-state index in [-0.39, 0.29) is 11.7 Å². The Morgan fingerprint density at radius 3 is 2.71 bits per heavy atom. The summed E-state index contributed by atoms with van der Waals surface area (Å²) in [6.45, 7) is 2.20. The first-order valence-electron chi connectivity index (χ1n) is 5.69. The van der Waals surface area contributed by atoms with Crippen LogP contribution >= 0.6 is 0 Å². The second-order valence-electron chi connectivity index (χ2n) is 4.11. The van der Waals surface area contributed by atoms with Crippen molar-refractivity contribution in [1.82, 2.24) is 15.3 Å². The maximum Gasteiger partial charge on any atom is 0.289 e. The average Bonchev–Trinajstić information content (AvgIpc) is 2.38. The van der Waals surface area contributed by atoms with Gasteiger partial charge in [0.25, 0.3) is 5.91 Å². The molecule has 1 saturated heterocycles. The summed E-state index contributed by atoms with van der Waals surface area (Å²) in [5.41, 5.74) is 0.450. The van der Waals surface area contributed by atoms with Gasteiger partial charge < -0.3 is 10.1 Å². The van der Waals surface area contributed by atoms with Crippen molar-refractivity contribution in [3.05, 3.63) is 18.2 Å². The second-order valence-corrected chi connectivity index (χ2v) is 4.11. The summed E-state index contributed by atoms with van der Waals surface area (Å²) in [5, 5.41) is 2.83. The van der Waals surface area contributed by atoms with Crippen LogP contribution in [0.15, 0.2) is 12.4 Å². The molecule has 0 spiro atoms. The van der Waals surface area contributed by atoms with Crippen molar-refractivity contribution in [3.63, 3.8) is 0 Å². The molecule has 5 nitrogen and oxygen atoms in total. The van der Waals surface area contributed by atoms with Gasteiger partial charge in [0.2, 0.25) is 5.82 Å². The van der Waals surface area contributed by atoms with Gasteiger partial charge in [-0.1, -0.05) is 5.46 Å². The highest BCUT2D eigenvalue weighted by molar-refractivity contribution is 6.31. The Morgan fingerprint density at radius 1 is 1.41 bits per heavy atom. The Hall–Kier alpha value is -1.43. The molecule has 1 aliphatic heterocycles. The maximum atomic E-state index is 11.7. The molecule has 0 saturated carbocycles. The minimum atomic E-state index is -0.253. The monoisotopic (exact) mass is 231 g/mol. The van der Waals surface area contributed by atoms with Crippen molar-refractivity contribution < 1.29 is 9.53 Å². The third kappa shape index (κ3) is 3.52. The number of ether oxygens (including phenoxy) is 1. The van der Waals surface area contributed by atoms with E-state index in [1.165, 1.54) is 12.4 Å². The van der Waals surface area contributed by atoms with Crippen LogP contribution in [0.4, 0.5) is 0 Å². The first-order valence-corrected chi connectivity index (χ1v) is 5.69. The molecule has 88 valence electrons. The summed E-state index contributed by atoms with van der Waals surface area (Å²) in [6.07, 6.45) is 4.83. The summed E-state index contributed by atoms with van der Waals surface area (Å²) in [6, 6.07) is 0. The molecule has 2 radical (unpaired) electrons. The van der Waals surface area contributed by atoms with E-state index in [1.54, 1.807) is 0 Å². The van der Waals surface area contributed by atoms with Gasteiger partial charge in [0.1, 0.15) is 7.85 Å². The fourth-order valence-electron chi connectivity index (χ4n) is 1.72. The van der Waals surface area contributed by atoms with Gasteiger partial charge in [-0.25, -0.2) is 9.97 Å². The van der Waals surface area contributed by atoms with E-state index in [1.807, 2.05) is 0 Å². The largest absolute Gasteiger partial charge is 0.381 e. The summed E-state index contributed by atoms with van der Waals surface area (Å²) >= 11 is 0. The van der Waals surface area contributed by atoms with Crippen LogP contribution in [-0.4, -0.2) is 43.5 Å². The molecule has 1 aromatic rings. The minimum absolute atomic E-state index is 0.159. The van der Waals surface area contributed by atoms with Crippen LogP contribution in [0, 0.1) is 5.92 Å². The van der Waals surface area contributed by atoms with Crippen molar-refractivity contribution in [2.45, 2.75) is 12.8 Å². The molecule has 6 heteroatoms. The number of hydrogen-bond acceptors (Lipinski definition) is 4. The fourth-order valence-corrected chi connectivity index (χ4v) is 1.72. The highest BCUT2D eigenvalue weighted by Gasteiger charge is 2.16. The highest BCUT2D eigenvalue weighted by atomic mass is 16.5. The third-order valence-corrected chi connectivity index (χ3v) is 2.77. The Bertz CT molecular complexity index is 377. The van der Waals surface area contributed by atoms with Gasteiger partial charge in [0.05, 0.1) is 0 Å². The molecule has 17 heavy (non-hydrogen) atoms. The molecule has 1 amide bonds. The molecule has 0 bridgehead atoms. The first kappa shape index (κ1) is 12.0. The predicted molar refractivity (Wildman–Crippen MR) is 63.3 cm³/mol. The number of carbonyl (C=O) groups excluding carboxylic acids is 1. The number of amides is 1. The SMILES string of the molecule is [B]c1cnc(C(=O)NCC2CCOCC2)nc1. The van der Waals surface area contributed by atoms with Gasteiger partial charge in [-0.15, -0.1) is 0 Å². The van der Waals surface area contributed by atoms with E-state index in [2.05, 4.69) is 15.3 Å². The van der Waals surface area contributed by atoms with E-state index < -0.39 is 0 Å². The van der Waals surface area contributed by atoms with Gasteiger partial charge in [-0.3, -0.25) is 4.79 Å². The lowest BCUT2D eigenvalue weighted by atomic mass is 10.0. The smallest absolute Gasteiger partial charge is 0.289 e. The summed E-state index contributed by atoms with van der Waals surface area (Å²) < 4.78 is 5.25. The van der Waals surface area contributed by atoms with E-state index in [9.17, 15) is 4.79 Å². The van der Waals surface area contributed by atoms with Crippen LogP contribution in [0.1, 0.15) is 23.5 Å². The number of aromatic nitrogens is 2. The summed E-state index contributed by atoms with van der Waals surface area (Å²) in [7, 11) is 5.45. The minimum Gasteiger partial charge on any atom is -0.381 e. The first-order chi connectivity index (χ1) is 8.25. The number of carbonyl (C=O) groups is 1. The molecule has 1 aromatic heterocycles. The van der Waals surface area contributed by atoms with Crippen molar-refractivity contribution in [1.29, 1.82) is 0 Å². The molecule has 0 unspecified atom stereocenters. The van der Waals surface area contributed by atoms with E-state index in [0.717, 1.165) is 26.1 Å². The van der Waals surface area contributed by atoms with Crippen LogP contribution < -0.4 is 10.8 Å². The zero-order chi connectivity index (χ0) is 12.1. The van der Waals surface area contributed by atoms with Gasteiger partial charge in [0.15, 0.2) is 0 Å². The number of rotatable bonds is 3. The van der Waals surface area contributed by atoms with E-state index in [0.29, 0.717) is 17.9 Å². The zero-order valence-electron chi connectivity index (χ0n) is 9.56. The van der Waals surface area contributed by atoms with Crippen LogP contribution in [0.2, 0.25) is 0 Å². The lowest BCUT2D eigenvalue weighted by Crippen LogP contribution is -2.33. The Morgan fingerprint density at radius 2 is 2.06 bits per heavy atom. The molecule has 0 aliphatic carbocycles. The normalized spacial score (nSPS) is 16.7. The lowest BCUT2D eigenvalue weighted by Gasteiger charge is -2.21. The third-order valence-electron chi connectivity index (χ3n) is 2.77. The zero-order valence-corrected chi connectivity index (χ0v) is 9.56. The number of nitrogens with zero attached hydrogens (tertiary/aromatic N) is 2. The van der Waals surface area contributed by atoms with Gasteiger partial charge in [-0.05, 0) is 18.8 Å². The predicted octanol–water partition coefficient (Wildman–Crippen LogP) is -0.573. The van der Waals surface area contributed by atoms with Crippen LogP contribution in [0.25, 0.3) is 0 Å². The standard InChI is InChI=1S/C11H14BN3O2/c12-9-6-13-10(14-7-9)11(16)15-5-8-1-3-17-4-2-8/h6-8H,1-5H2,(H,15,16). The van der Waals surface area contributed by atoms with Gasteiger partial charge >= 0.3 is 0 Å². The number of hydrogen-bond donors (Lipinski definition) is 1. The molecule has 1 N–H and O–H groups in total. The van der Waals surface area contributed by atoms with Crippen LogP contribution in [-0.2, 0) is 4.74 Å². The molecule has 2 rings (SSSR count). The molecule has 1 aliphatic rings. The Balaban J connectivity index is 1.82. The fraction of sp³-hybridized carbons (Fsp3) is 0.545. The summed E-state index contributed by atoms with van der Waals surface area (Å²) in [4.78, 5) is 19.4. The quantitative estimate of drug-likeness (QED) is 0.707. The maximum absolute atomic E-state index is 11.7. The van der Waals surface area contributed by atoms with Crippen molar-refractivity contribution in [3.8, 4) is 0 Å². The Kier molecular flexibility index (Phi) is 4.09. The average molecular weight is 231 g/mol. The van der Waals surface area contributed by atoms with Crippen LogP contribution in [0.3, 0.4) is 0 Å². The number of nitrogens with one attached hydrogen (secondary N) is 1. The highest BCUT2D eigenvalue weighted by Crippen LogP contribution is 2.13. The molecular formula is C11H14BN3O2. The topological polar surface area (TPSA) is 64.1 Å². The molecule has 0 atom stereocenters. The van der Waals surface area contributed by atoms with Crippen molar-refractivity contribution in [2.24, 2.45) is 5.92 Å². The lowest BCUT2D eigenvalue weighted by molar-refractivity contribution is 0.0641. The molecule has 2 heterocycles. The second kappa shape index (κ2) is 5.77. The Labute approximate surface area is 101 Å². The molecular weight excluding hydrogens is 217 g/mol. The van der Waals surface area contributed by atoms with Gasteiger partial charge in [0, 0.05) is 32.2 Å². The van der Waals surface area contributed by atoms with E-state index in [4.69, 9.17) is 12.6 Å². The molecule has 0 aromatic carbocycles. The van der Waals surface area contributed by atoms with Crippen molar-refractivity contribution >= 4 is 19.2 Å². The van der Waals surface area contributed by atoms with E-state index >= 15 is 0 Å². The van der Waals surface area contributed by atoms with Gasteiger partial charge in [-0.2, -0.15) is 0 Å². The van der Waals surface area contributed by atoms with Crippen LogP contribution in [0.5, 0.6) is 0 Å². The molecule has 1 fully saturated rings.